The molecule has 7 heteroatoms. The SMILES string of the molecule is CC(C)OCCS(=O)(=O)NCc1cccc(C(N)=S)c1. The summed E-state index contributed by atoms with van der Waals surface area (Å²) in [6, 6.07) is 7.17. The minimum atomic E-state index is -3.35. The van der Waals surface area contributed by atoms with E-state index in [2.05, 4.69) is 4.72 Å². The highest BCUT2D eigenvalue weighted by atomic mass is 32.2. The largest absolute Gasteiger partial charge is 0.389 e. The summed E-state index contributed by atoms with van der Waals surface area (Å²) in [5, 5.41) is 0. The Kier molecular flexibility index (Phi) is 6.54. The molecule has 0 aromatic heterocycles. The van der Waals surface area contributed by atoms with Gasteiger partial charge in [0, 0.05) is 12.1 Å². The van der Waals surface area contributed by atoms with E-state index < -0.39 is 10.0 Å². The second-order valence-corrected chi connectivity index (χ2v) is 6.99. The lowest BCUT2D eigenvalue weighted by Crippen LogP contribution is -2.28. The zero-order chi connectivity index (χ0) is 15.2. The fourth-order valence-electron chi connectivity index (χ4n) is 1.49. The Balaban J connectivity index is 2.53. The Bertz CT molecular complexity index is 556. The molecular weight excluding hydrogens is 296 g/mol. The van der Waals surface area contributed by atoms with Crippen molar-refractivity contribution in [2.75, 3.05) is 12.4 Å². The molecular formula is C13H20N2O3S2. The predicted molar refractivity (Wildman–Crippen MR) is 84.0 cm³/mol. The van der Waals surface area contributed by atoms with Crippen molar-refractivity contribution in [1.29, 1.82) is 0 Å². The van der Waals surface area contributed by atoms with E-state index in [1.807, 2.05) is 19.9 Å². The zero-order valence-corrected chi connectivity index (χ0v) is 13.3. The lowest BCUT2D eigenvalue weighted by molar-refractivity contribution is 0.0911. The first kappa shape index (κ1) is 17.0. The molecule has 0 bridgehead atoms. The van der Waals surface area contributed by atoms with Crippen molar-refractivity contribution in [3.05, 3.63) is 35.4 Å². The third-order valence-corrected chi connectivity index (χ3v) is 4.03. The monoisotopic (exact) mass is 316 g/mol. The maximum absolute atomic E-state index is 11.8. The molecule has 0 saturated carbocycles. The van der Waals surface area contributed by atoms with Crippen LogP contribution in [0.2, 0.25) is 0 Å². The second kappa shape index (κ2) is 7.68. The van der Waals surface area contributed by atoms with Crippen LogP contribution in [0, 0.1) is 0 Å². The first-order chi connectivity index (χ1) is 9.30. The van der Waals surface area contributed by atoms with Gasteiger partial charge in [-0.25, -0.2) is 13.1 Å². The summed E-state index contributed by atoms with van der Waals surface area (Å²) >= 11 is 4.88. The van der Waals surface area contributed by atoms with Crippen molar-refractivity contribution in [3.63, 3.8) is 0 Å². The minimum Gasteiger partial charge on any atom is -0.389 e. The lowest BCUT2D eigenvalue weighted by Gasteiger charge is -2.10. The molecule has 1 rings (SSSR count). The van der Waals surface area contributed by atoms with E-state index in [0.29, 0.717) is 4.99 Å². The molecule has 0 aliphatic heterocycles. The van der Waals surface area contributed by atoms with Crippen LogP contribution in [0.5, 0.6) is 0 Å². The van der Waals surface area contributed by atoms with E-state index in [-0.39, 0.29) is 25.0 Å². The molecule has 0 heterocycles. The molecule has 0 radical (unpaired) electrons. The Morgan fingerprint density at radius 3 is 2.75 bits per heavy atom. The Morgan fingerprint density at radius 2 is 2.15 bits per heavy atom. The van der Waals surface area contributed by atoms with Gasteiger partial charge in [-0.1, -0.05) is 30.4 Å². The van der Waals surface area contributed by atoms with Crippen LogP contribution in [0.1, 0.15) is 25.0 Å². The highest BCUT2D eigenvalue weighted by molar-refractivity contribution is 7.89. The maximum atomic E-state index is 11.8. The molecule has 1 aromatic rings. The molecule has 20 heavy (non-hydrogen) atoms. The normalized spacial score (nSPS) is 11.8. The van der Waals surface area contributed by atoms with Crippen molar-refractivity contribution >= 4 is 27.2 Å². The molecule has 112 valence electrons. The molecule has 0 unspecified atom stereocenters. The van der Waals surface area contributed by atoms with E-state index in [4.69, 9.17) is 22.7 Å². The smallest absolute Gasteiger partial charge is 0.214 e. The van der Waals surface area contributed by atoms with E-state index in [9.17, 15) is 8.42 Å². The maximum Gasteiger partial charge on any atom is 0.214 e. The van der Waals surface area contributed by atoms with Crippen molar-refractivity contribution in [2.45, 2.75) is 26.5 Å². The van der Waals surface area contributed by atoms with Gasteiger partial charge >= 0.3 is 0 Å². The highest BCUT2D eigenvalue weighted by Gasteiger charge is 2.10. The summed E-state index contributed by atoms with van der Waals surface area (Å²) in [5.41, 5.74) is 7.07. The standard InChI is InChI=1S/C13H20N2O3S2/c1-10(2)18-6-7-20(16,17)15-9-11-4-3-5-12(8-11)13(14)19/h3-5,8,10,15H,6-7,9H2,1-2H3,(H2,14,19). The fraction of sp³-hybridized carbons (Fsp3) is 0.462. The van der Waals surface area contributed by atoms with Crippen LogP contribution in [0.25, 0.3) is 0 Å². The van der Waals surface area contributed by atoms with Crippen molar-refractivity contribution in [1.82, 2.24) is 4.72 Å². The van der Waals surface area contributed by atoms with Crippen molar-refractivity contribution in [2.24, 2.45) is 5.73 Å². The van der Waals surface area contributed by atoms with Gasteiger partial charge in [0.25, 0.3) is 0 Å². The van der Waals surface area contributed by atoms with Crippen LogP contribution in [0.3, 0.4) is 0 Å². The number of sulfonamides is 1. The van der Waals surface area contributed by atoms with Crippen LogP contribution in [-0.2, 0) is 21.3 Å². The molecule has 5 nitrogen and oxygen atoms in total. The fourth-order valence-corrected chi connectivity index (χ4v) is 2.47. The van der Waals surface area contributed by atoms with Gasteiger partial charge in [0.15, 0.2) is 0 Å². The molecule has 0 aliphatic carbocycles. The van der Waals surface area contributed by atoms with Crippen LogP contribution >= 0.6 is 12.2 Å². The highest BCUT2D eigenvalue weighted by Crippen LogP contribution is 2.05. The Morgan fingerprint density at radius 1 is 1.45 bits per heavy atom. The number of thiocarbonyl (C=S) groups is 1. The first-order valence-electron chi connectivity index (χ1n) is 6.28. The van der Waals surface area contributed by atoms with E-state index >= 15 is 0 Å². The van der Waals surface area contributed by atoms with Gasteiger partial charge in [0.05, 0.1) is 18.5 Å². The number of rotatable bonds is 8. The molecule has 0 fully saturated rings. The first-order valence-corrected chi connectivity index (χ1v) is 8.34. The van der Waals surface area contributed by atoms with Crippen LogP contribution in [0.15, 0.2) is 24.3 Å². The third-order valence-electron chi connectivity index (χ3n) is 2.51. The third kappa shape index (κ3) is 6.42. The topological polar surface area (TPSA) is 81.4 Å². The van der Waals surface area contributed by atoms with Gasteiger partial charge in [-0.15, -0.1) is 0 Å². The number of hydrogen-bond acceptors (Lipinski definition) is 4. The van der Waals surface area contributed by atoms with Crippen molar-refractivity contribution in [3.8, 4) is 0 Å². The average molecular weight is 316 g/mol. The van der Waals surface area contributed by atoms with Gasteiger partial charge in [-0.3, -0.25) is 0 Å². The number of ether oxygens (including phenoxy) is 1. The molecule has 3 N–H and O–H groups in total. The summed E-state index contributed by atoms with van der Waals surface area (Å²) in [7, 11) is -3.35. The van der Waals surface area contributed by atoms with Crippen molar-refractivity contribution < 1.29 is 13.2 Å². The van der Waals surface area contributed by atoms with Gasteiger partial charge in [0.1, 0.15) is 4.99 Å². The molecule has 0 aliphatic rings. The molecule has 0 saturated heterocycles. The summed E-state index contributed by atoms with van der Waals surface area (Å²) in [6.07, 6.45) is 0.0208. The van der Waals surface area contributed by atoms with E-state index in [1.54, 1.807) is 18.2 Å². The number of nitrogens with one attached hydrogen (secondary N) is 1. The van der Waals surface area contributed by atoms with Crippen LogP contribution < -0.4 is 10.5 Å². The number of benzene rings is 1. The van der Waals surface area contributed by atoms with Crippen LogP contribution in [0.4, 0.5) is 0 Å². The minimum absolute atomic E-state index is 0.0208. The summed E-state index contributed by atoms with van der Waals surface area (Å²) in [4.78, 5) is 0.292. The molecule has 1 aromatic carbocycles. The van der Waals surface area contributed by atoms with Gasteiger partial charge in [-0.2, -0.15) is 0 Å². The van der Waals surface area contributed by atoms with Gasteiger partial charge in [-0.05, 0) is 25.5 Å². The second-order valence-electron chi connectivity index (χ2n) is 4.62. The summed E-state index contributed by atoms with van der Waals surface area (Å²) in [5.74, 6) is -0.0554. The van der Waals surface area contributed by atoms with Gasteiger partial charge < -0.3 is 10.5 Å². The molecule has 0 amide bonds. The molecule has 0 spiro atoms. The number of nitrogens with two attached hydrogens (primary N) is 1. The quantitative estimate of drug-likeness (QED) is 0.704. The van der Waals surface area contributed by atoms with Crippen LogP contribution in [-0.4, -0.2) is 31.9 Å². The predicted octanol–water partition coefficient (Wildman–Crippen LogP) is 1.17. The summed E-state index contributed by atoms with van der Waals surface area (Å²) in [6.45, 7) is 4.11. The Hall–Kier alpha value is -1.02. The molecule has 0 atom stereocenters. The lowest BCUT2D eigenvalue weighted by atomic mass is 10.1. The van der Waals surface area contributed by atoms with E-state index in [1.165, 1.54) is 0 Å². The van der Waals surface area contributed by atoms with E-state index in [0.717, 1.165) is 11.1 Å². The number of hydrogen-bond donors (Lipinski definition) is 2. The van der Waals surface area contributed by atoms with Gasteiger partial charge in [0.2, 0.25) is 10.0 Å². The Labute approximate surface area is 125 Å². The summed E-state index contributed by atoms with van der Waals surface area (Å²) < 4.78 is 31.3. The average Bonchev–Trinajstić information content (AvgIpc) is 2.36. The zero-order valence-electron chi connectivity index (χ0n) is 11.6.